The van der Waals surface area contributed by atoms with Crippen LogP contribution >= 0.6 is 11.6 Å². The molecule has 252 valence electrons. The molecule has 0 N–H and O–H groups in total. The Morgan fingerprint density at radius 1 is 1.08 bits per heavy atom. The Bertz CT molecular complexity index is 2130. The summed E-state index contributed by atoms with van der Waals surface area (Å²) in [7, 11) is 0. The highest BCUT2D eigenvalue weighted by Crippen LogP contribution is 2.50. The molecule has 2 aliphatic heterocycles. The Balaban J connectivity index is 1.01. The molecule has 0 radical (unpaired) electrons. The molecule has 0 spiro atoms. The van der Waals surface area contributed by atoms with Crippen LogP contribution in [0.4, 0.5) is 17.6 Å². The topological polar surface area (TPSA) is 115 Å². The van der Waals surface area contributed by atoms with E-state index in [1.165, 1.54) is 12.3 Å². The molecule has 3 aromatic heterocycles. The SMILES string of the molecule is CC1(c2ccc(Cl)cc2F)Oc2cccc(C3CCN(Cc4nc5cc(-c6noc(C(F)(F)F)n6)ncc5n4CC4(C#N)CC4)CC3)c2O1. The molecule has 1 unspecified atom stereocenters. The summed E-state index contributed by atoms with van der Waals surface area (Å²) >= 11 is 5.97. The molecule has 1 saturated carbocycles. The van der Waals surface area contributed by atoms with Crippen LogP contribution in [0.1, 0.15) is 61.4 Å². The van der Waals surface area contributed by atoms with Crippen molar-refractivity contribution >= 4 is 22.6 Å². The number of halogens is 5. The number of para-hydroxylation sites is 1. The van der Waals surface area contributed by atoms with Gasteiger partial charge in [0.25, 0.3) is 5.79 Å². The largest absolute Gasteiger partial charge is 0.471 e. The molecule has 2 fully saturated rings. The Hall–Kier alpha value is -4.74. The lowest BCUT2D eigenvalue weighted by Crippen LogP contribution is -2.34. The predicted molar refractivity (Wildman–Crippen MR) is 167 cm³/mol. The van der Waals surface area contributed by atoms with Gasteiger partial charge in [0.15, 0.2) is 11.5 Å². The van der Waals surface area contributed by atoms with E-state index in [1.54, 1.807) is 25.1 Å². The van der Waals surface area contributed by atoms with E-state index in [-0.39, 0.29) is 28.0 Å². The van der Waals surface area contributed by atoms with E-state index in [4.69, 9.17) is 26.1 Å². The first-order chi connectivity index (χ1) is 23.4. The number of hydrogen-bond acceptors (Lipinski definition) is 9. The third-order valence-corrected chi connectivity index (χ3v) is 9.82. The molecule has 2 aromatic carbocycles. The van der Waals surface area contributed by atoms with Gasteiger partial charge in [-0.05, 0) is 75.0 Å². The van der Waals surface area contributed by atoms with Gasteiger partial charge in [0.05, 0.1) is 40.8 Å². The van der Waals surface area contributed by atoms with Crippen molar-refractivity contribution in [2.24, 2.45) is 5.41 Å². The zero-order valence-corrected chi connectivity index (χ0v) is 26.9. The second kappa shape index (κ2) is 11.4. The van der Waals surface area contributed by atoms with E-state index in [9.17, 15) is 22.8 Å². The van der Waals surface area contributed by atoms with Crippen molar-refractivity contribution in [1.82, 2.24) is 29.6 Å². The average Bonchev–Trinajstić information content (AvgIpc) is 3.35. The Kier molecular flexibility index (Phi) is 7.35. The molecule has 15 heteroatoms. The van der Waals surface area contributed by atoms with Crippen molar-refractivity contribution in [2.75, 3.05) is 13.1 Å². The molecule has 0 amide bonds. The number of imidazole rings is 1. The van der Waals surface area contributed by atoms with Gasteiger partial charge >= 0.3 is 12.1 Å². The van der Waals surface area contributed by atoms with E-state index in [1.807, 2.05) is 22.8 Å². The number of nitriles is 1. The van der Waals surface area contributed by atoms with Crippen LogP contribution in [0.2, 0.25) is 5.02 Å². The summed E-state index contributed by atoms with van der Waals surface area (Å²) in [6.45, 7) is 4.12. The van der Waals surface area contributed by atoms with Gasteiger partial charge in [-0.15, -0.1) is 0 Å². The first-order valence-corrected chi connectivity index (χ1v) is 16.2. The van der Waals surface area contributed by atoms with Gasteiger partial charge in [0.1, 0.15) is 17.3 Å². The van der Waals surface area contributed by atoms with Crippen molar-refractivity contribution in [1.29, 1.82) is 5.26 Å². The van der Waals surface area contributed by atoms with Crippen LogP contribution < -0.4 is 9.47 Å². The number of fused-ring (bicyclic) bond motifs is 2. The monoisotopic (exact) mass is 693 g/mol. The number of alkyl halides is 3. The summed E-state index contributed by atoms with van der Waals surface area (Å²) in [4.78, 5) is 14.9. The number of rotatable bonds is 7. The Morgan fingerprint density at radius 3 is 2.57 bits per heavy atom. The fraction of sp³-hybridized carbons (Fsp3) is 0.382. The molecule has 49 heavy (non-hydrogen) atoms. The first-order valence-electron chi connectivity index (χ1n) is 15.8. The highest BCUT2D eigenvalue weighted by molar-refractivity contribution is 6.30. The summed E-state index contributed by atoms with van der Waals surface area (Å²) in [5.41, 5.74) is 2.06. The first kappa shape index (κ1) is 31.5. The third kappa shape index (κ3) is 5.74. The minimum Gasteiger partial charge on any atom is -0.444 e. The lowest BCUT2D eigenvalue weighted by atomic mass is 9.88. The van der Waals surface area contributed by atoms with Gasteiger partial charge in [-0.25, -0.2) is 9.37 Å². The molecule has 1 saturated heterocycles. The maximum Gasteiger partial charge on any atom is 0.471 e. The second-order valence-corrected chi connectivity index (χ2v) is 13.4. The van der Waals surface area contributed by atoms with Crippen LogP contribution in [0.5, 0.6) is 11.5 Å². The van der Waals surface area contributed by atoms with E-state index in [0.29, 0.717) is 35.6 Å². The van der Waals surface area contributed by atoms with Crippen LogP contribution in [0.25, 0.3) is 22.6 Å². The number of pyridine rings is 1. The minimum atomic E-state index is -4.77. The molecular weight excluding hydrogens is 666 g/mol. The Labute approximate surface area is 282 Å². The van der Waals surface area contributed by atoms with Gasteiger partial charge in [-0.3, -0.25) is 9.88 Å². The van der Waals surface area contributed by atoms with Gasteiger partial charge in [0, 0.05) is 24.1 Å². The molecule has 0 bridgehead atoms. The number of ether oxygens (including phenoxy) is 2. The molecule has 1 atom stereocenters. The van der Waals surface area contributed by atoms with Gasteiger partial charge < -0.3 is 18.6 Å². The van der Waals surface area contributed by atoms with Crippen LogP contribution in [0.3, 0.4) is 0 Å². The van der Waals surface area contributed by atoms with Crippen molar-refractivity contribution in [2.45, 2.75) is 63.6 Å². The lowest BCUT2D eigenvalue weighted by molar-refractivity contribution is -0.159. The van der Waals surface area contributed by atoms with Crippen molar-refractivity contribution in [3.63, 3.8) is 0 Å². The lowest BCUT2D eigenvalue weighted by Gasteiger charge is -2.32. The van der Waals surface area contributed by atoms with Crippen LogP contribution in [-0.4, -0.2) is 42.7 Å². The summed E-state index contributed by atoms with van der Waals surface area (Å²) in [6, 6.07) is 14.2. The van der Waals surface area contributed by atoms with Crippen molar-refractivity contribution in [3.8, 4) is 29.1 Å². The standard InChI is InChI=1S/C34H28ClF4N7O3/c1-32(22-6-5-20(35)13-23(22)36)47-27-4-2-3-21(29(27)48-32)19-7-11-45(12-8-19)16-28-42-24-14-25(30-43-31(49-44-30)34(37,38)39)41-15-26(24)46(28)18-33(17-40)9-10-33/h2-6,13-15,19H,7-12,16,18H2,1H3. The zero-order valence-electron chi connectivity index (χ0n) is 26.1. The average molecular weight is 694 g/mol. The summed E-state index contributed by atoms with van der Waals surface area (Å²) in [5.74, 6) is -1.52. The quantitative estimate of drug-likeness (QED) is 0.159. The smallest absolute Gasteiger partial charge is 0.444 e. The number of piperidine rings is 1. The molecule has 1 aliphatic carbocycles. The fourth-order valence-corrected chi connectivity index (χ4v) is 6.89. The number of nitrogens with zero attached hydrogens (tertiary/aromatic N) is 7. The highest BCUT2D eigenvalue weighted by Gasteiger charge is 2.45. The molecule has 10 nitrogen and oxygen atoms in total. The number of likely N-dealkylation sites (tertiary alicyclic amines) is 1. The van der Waals surface area contributed by atoms with Gasteiger partial charge in [-0.1, -0.05) is 28.9 Å². The van der Waals surface area contributed by atoms with Crippen LogP contribution in [-0.2, 0) is 25.1 Å². The van der Waals surface area contributed by atoms with Crippen molar-refractivity contribution in [3.05, 3.63) is 82.3 Å². The van der Waals surface area contributed by atoms with E-state index in [0.717, 1.165) is 50.2 Å². The number of benzene rings is 2. The van der Waals surface area contributed by atoms with E-state index < -0.39 is 29.1 Å². The maximum absolute atomic E-state index is 14.9. The number of hydrogen-bond donors (Lipinski definition) is 0. The summed E-state index contributed by atoms with van der Waals surface area (Å²) in [5, 5.41) is 13.6. The number of aromatic nitrogens is 5. The van der Waals surface area contributed by atoms with Gasteiger partial charge in [-0.2, -0.15) is 23.4 Å². The molecule has 3 aliphatic rings. The normalized spacial score (nSPS) is 20.5. The van der Waals surface area contributed by atoms with Crippen LogP contribution in [0.15, 0.2) is 53.2 Å². The van der Waals surface area contributed by atoms with E-state index >= 15 is 0 Å². The molecule has 8 rings (SSSR count). The third-order valence-electron chi connectivity index (χ3n) is 9.59. The van der Waals surface area contributed by atoms with Gasteiger partial charge in [0.2, 0.25) is 5.82 Å². The van der Waals surface area contributed by atoms with Crippen LogP contribution in [0, 0.1) is 22.6 Å². The van der Waals surface area contributed by atoms with Crippen molar-refractivity contribution < 1.29 is 31.6 Å². The highest BCUT2D eigenvalue weighted by atomic mass is 35.5. The second-order valence-electron chi connectivity index (χ2n) is 13.0. The summed E-state index contributed by atoms with van der Waals surface area (Å²) in [6.07, 6.45) is -0.0457. The fourth-order valence-electron chi connectivity index (χ4n) is 6.73. The molecule has 5 heterocycles. The molecule has 5 aromatic rings. The van der Waals surface area contributed by atoms with E-state index in [2.05, 4.69) is 30.6 Å². The predicted octanol–water partition coefficient (Wildman–Crippen LogP) is 7.62. The zero-order chi connectivity index (χ0) is 34.1. The minimum absolute atomic E-state index is 0.0988. The Morgan fingerprint density at radius 2 is 1.88 bits per heavy atom. The summed E-state index contributed by atoms with van der Waals surface area (Å²) < 4.78 is 72.9. The molecular formula is C34H28ClF4N7O3. The maximum atomic E-state index is 14.9.